The summed E-state index contributed by atoms with van der Waals surface area (Å²) in [7, 11) is -3.83. The van der Waals surface area contributed by atoms with Gasteiger partial charge in [-0.25, -0.2) is 13.2 Å². The summed E-state index contributed by atoms with van der Waals surface area (Å²) in [5, 5.41) is 0.575. The minimum atomic E-state index is -3.83. The van der Waals surface area contributed by atoms with Gasteiger partial charge in [-0.1, -0.05) is 36.4 Å². The molecule has 152 valence electrons. The van der Waals surface area contributed by atoms with Crippen molar-refractivity contribution in [3.05, 3.63) is 59.5 Å². The molecule has 1 aromatic heterocycles. The topological polar surface area (TPSA) is 66.9 Å². The van der Waals surface area contributed by atoms with E-state index in [0.29, 0.717) is 31.6 Å². The molecule has 0 aliphatic carbocycles. The standard InChI is InChI=1S/C21H22N2O4S2/c1-2-27-21(24)19-20(17-10-6-7-11-18(17)28-19)29(25,26)23-14-12-22(13-15-23)16-8-4-3-5-9-16/h3-11H,2,12-15H2,1H3. The van der Waals surface area contributed by atoms with Crippen molar-refractivity contribution in [2.45, 2.75) is 11.8 Å². The third-order valence-corrected chi connectivity index (χ3v) is 8.23. The summed E-state index contributed by atoms with van der Waals surface area (Å²) in [6, 6.07) is 17.2. The molecule has 2 aromatic carbocycles. The van der Waals surface area contributed by atoms with Crippen molar-refractivity contribution >= 4 is 43.1 Å². The fraction of sp³-hybridized carbons (Fsp3) is 0.286. The SMILES string of the molecule is CCOC(=O)c1sc2ccccc2c1S(=O)(=O)N1CCN(c2ccccc2)CC1. The maximum atomic E-state index is 13.5. The van der Waals surface area contributed by atoms with Gasteiger partial charge in [-0.15, -0.1) is 11.3 Å². The van der Waals surface area contributed by atoms with Gasteiger partial charge in [0.15, 0.2) is 0 Å². The predicted molar refractivity (Wildman–Crippen MR) is 115 cm³/mol. The van der Waals surface area contributed by atoms with E-state index < -0.39 is 16.0 Å². The van der Waals surface area contributed by atoms with Crippen LogP contribution in [0.5, 0.6) is 0 Å². The molecule has 29 heavy (non-hydrogen) atoms. The number of carbonyl (C=O) groups is 1. The number of rotatable bonds is 5. The number of thiophene rings is 1. The zero-order valence-corrected chi connectivity index (χ0v) is 17.7. The summed E-state index contributed by atoms with van der Waals surface area (Å²) < 4.78 is 34.5. The van der Waals surface area contributed by atoms with Crippen molar-refractivity contribution < 1.29 is 17.9 Å². The Hall–Kier alpha value is -2.42. The largest absolute Gasteiger partial charge is 0.462 e. The number of piperazine rings is 1. The molecule has 0 spiro atoms. The minimum Gasteiger partial charge on any atom is -0.462 e. The van der Waals surface area contributed by atoms with Crippen LogP contribution in [0.3, 0.4) is 0 Å². The number of carbonyl (C=O) groups excluding carboxylic acids is 1. The van der Waals surface area contributed by atoms with E-state index in [2.05, 4.69) is 4.90 Å². The zero-order valence-electron chi connectivity index (χ0n) is 16.1. The lowest BCUT2D eigenvalue weighted by Gasteiger charge is -2.35. The Kier molecular flexibility index (Phi) is 5.58. The van der Waals surface area contributed by atoms with Crippen LogP contribution in [0.4, 0.5) is 5.69 Å². The van der Waals surface area contributed by atoms with Crippen LogP contribution >= 0.6 is 11.3 Å². The summed E-state index contributed by atoms with van der Waals surface area (Å²) in [6.07, 6.45) is 0. The molecular formula is C21H22N2O4S2. The van der Waals surface area contributed by atoms with E-state index in [9.17, 15) is 13.2 Å². The van der Waals surface area contributed by atoms with Gasteiger partial charge in [0.25, 0.3) is 0 Å². The summed E-state index contributed by atoms with van der Waals surface area (Å²) in [5.74, 6) is -0.588. The van der Waals surface area contributed by atoms with Gasteiger partial charge in [0.1, 0.15) is 9.77 Å². The molecule has 0 unspecified atom stereocenters. The third-order valence-electron chi connectivity index (χ3n) is 4.97. The molecule has 3 aromatic rings. The number of hydrogen-bond donors (Lipinski definition) is 0. The van der Waals surface area contributed by atoms with Crippen LogP contribution in [-0.4, -0.2) is 51.5 Å². The monoisotopic (exact) mass is 430 g/mol. The second-order valence-electron chi connectivity index (χ2n) is 6.70. The maximum absolute atomic E-state index is 13.5. The first-order valence-corrected chi connectivity index (χ1v) is 11.8. The van der Waals surface area contributed by atoms with Crippen molar-refractivity contribution in [1.82, 2.24) is 4.31 Å². The van der Waals surface area contributed by atoms with Gasteiger partial charge in [0, 0.05) is 42.0 Å². The molecule has 0 radical (unpaired) electrons. The summed E-state index contributed by atoms with van der Waals surface area (Å²) in [5.41, 5.74) is 1.08. The number of esters is 1. The lowest BCUT2D eigenvalue weighted by atomic mass is 10.2. The first-order valence-electron chi connectivity index (χ1n) is 9.51. The smallest absolute Gasteiger partial charge is 0.349 e. The van der Waals surface area contributed by atoms with Crippen LogP contribution in [0.15, 0.2) is 59.5 Å². The predicted octanol–water partition coefficient (Wildman–Crippen LogP) is 3.59. The van der Waals surface area contributed by atoms with Gasteiger partial charge in [0.2, 0.25) is 10.0 Å². The molecule has 1 saturated heterocycles. The number of sulfonamides is 1. The van der Waals surface area contributed by atoms with E-state index >= 15 is 0 Å². The average Bonchev–Trinajstić information content (AvgIpc) is 3.15. The lowest BCUT2D eigenvalue weighted by Crippen LogP contribution is -2.48. The first kappa shape index (κ1) is 19.9. The Labute approximate surface area is 174 Å². The van der Waals surface area contributed by atoms with Crippen molar-refractivity contribution in [1.29, 1.82) is 0 Å². The van der Waals surface area contributed by atoms with Crippen LogP contribution in [-0.2, 0) is 14.8 Å². The van der Waals surface area contributed by atoms with Crippen LogP contribution in [0.25, 0.3) is 10.1 Å². The van der Waals surface area contributed by atoms with E-state index in [4.69, 9.17) is 4.74 Å². The highest BCUT2D eigenvalue weighted by atomic mass is 32.2. The van der Waals surface area contributed by atoms with E-state index in [1.54, 1.807) is 19.1 Å². The Bertz CT molecular complexity index is 1120. The Morgan fingerprint density at radius 2 is 1.66 bits per heavy atom. The molecule has 1 fully saturated rings. The highest BCUT2D eigenvalue weighted by Crippen LogP contribution is 2.37. The molecule has 6 nitrogen and oxygen atoms in total. The van der Waals surface area contributed by atoms with Gasteiger partial charge in [-0.3, -0.25) is 0 Å². The van der Waals surface area contributed by atoms with Crippen molar-refractivity contribution in [2.75, 3.05) is 37.7 Å². The van der Waals surface area contributed by atoms with Gasteiger partial charge >= 0.3 is 5.97 Å². The summed E-state index contributed by atoms with van der Waals surface area (Å²) in [6.45, 7) is 3.83. The normalized spacial score (nSPS) is 15.6. The Morgan fingerprint density at radius 1 is 1.00 bits per heavy atom. The number of benzene rings is 2. The molecule has 8 heteroatoms. The number of anilines is 1. The summed E-state index contributed by atoms with van der Waals surface area (Å²) >= 11 is 1.17. The van der Waals surface area contributed by atoms with Crippen molar-refractivity contribution in [3.63, 3.8) is 0 Å². The third kappa shape index (κ3) is 3.75. The second kappa shape index (κ2) is 8.14. The van der Waals surface area contributed by atoms with E-state index in [1.165, 1.54) is 15.6 Å². The molecule has 2 heterocycles. The number of nitrogens with zero attached hydrogens (tertiary/aromatic N) is 2. The molecule has 0 atom stereocenters. The highest BCUT2D eigenvalue weighted by Gasteiger charge is 2.35. The highest BCUT2D eigenvalue weighted by molar-refractivity contribution is 7.89. The van der Waals surface area contributed by atoms with Crippen LogP contribution < -0.4 is 4.90 Å². The maximum Gasteiger partial charge on any atom is 0.349 e. The summed E-state index contributed by atoms with van der Waals surface area (Å²) in [4.78, 5) is 14.9. The molecule has 1 aliphatic rings. The quantitative estimate of drug-likeness (QED) is 0.579. The zero-order chi connectivity index (χ0) is 20.4. The van der Waals surface area contributed by atoms with E-state index in [1.807, 2.05) is 42.5 Å². The molecule has 0 amide bonds. The Morgan fingerprint density at radius 3 is 2.34 bits per heavy atom. The van der Waals surface area contributed by atoms with Crippen LogP contribution in [0.2, 0.25) is 0 Å². The van der Waals surface area contributed by atoms with Crippen molar-refractivity contribution in [3.8, 4) is 0 Å². The molecular weight excluding hydrogens is 408 g/mol. The van der Waals surface area contributed by atoms with E-state index in [-0.39, 0.29) is 16.4 Å². The fourth-order valence-electron chi connectivity index (χ4n) is 3.56. The van der Waals surface area contributed by atoms with Gasteiger partial charge in [-0.2, -0.15) is 4.31 Å². The first-order chi connectivity index (χ1) is 14.0. The van der Waals surface area contributed by atoms with Gasteiger partial charge < -0.3 is 9.64 Å². The minimum absolute atomic E-state index is 0.0738. The second-order valence-corrected chi connectivity index (χ2v) is 9.63. The average molecular weight is 431 g/mol. The molecule has 0 saturated carbocycles. The molecule has 0 bridgehead atoms. The van der Waals surface area contributed by atoms with Gasteiger partial charge in [-0.05, 0) is 25.1 Å². The van der Waals surface area contributed by atoms with E-state index in [0.717, 1.165) is 10.4 Å². The van der Waals surface area contributed by atoms with Crippen LogP contribution in [0.1, 0.15) is 16.6 Å². The fourth-order valence-corrected chi connectivity index (χ4v) is 6.74. The van der Waals surface area contributed by atoms with Crippen molar-refractivity contribution in [2.24, 2.45) is 0 Å². The number of ether oxygens (including phenoxy) is 1. The number of hydrogen-bond acceptors (Lipinski definition) is 6. The molecule has 0 N–H and O–H groups in total. The van der Waals surface area contributed by atoms with Gasteiger partial charge in [0.05, 0.1) is 6.61 Å². The Balaban J connectivity index is 1.66. The lowest BCUT2D eigenvalue weighted by molar-refractivity contribution is 0.0528. The number of para-hydroxylation sites is 1. The molecule has 4 rings (SSSR count). The number of fused-ring (bicyclic) bond motifs is 1. The van der Waals surface area contributed by atoms with Crippen LogP contribution in [0, 0.1) is 0 Å². The molecule has 1 aliphatic heterocycles.